The van der Waals surface area contributed by atoms with Crippen LogP contribution in [0.3, 0.4) is 0 Å². The minimum Gasteiger partial charge on any atom is -0.461 e. The fourth-order valence-corrected chi connectivity index (χ4v) is 1.74. The van der Waals surface area contributed by atoms with E-state index in [0.29, 0.717) is 13.0 Å². The summed E-state index contributed by atoms with van der Waals surface area (Å²) >= 11 is 0. The van der Waals surface area contributed by atoms with Gasteiger partial charge in [0.1, 0.15) is 12.3 Å². The molecule has 1 atom stereocenters. The number of rotatable bonds is 4. The number of carbonyl (C=O) groups is 2. The van der Waals surface area contributed by atoms with Gasteiger partial charge < -0.3 is 19.4 Å². The van der Waals surface area contributed by atoms with Gasteiger partial charge in [0.2, 0.25) is 5.91 Å². The molecule has 1 aliphatic heterocycles. The number of nitrogens with zero attached hydrogens (tertiary/aromatic N) is 2. The van der Waals surface area contributed by atoms with Crippen LogP contribution in [0, 0.1) is 0 Å². The Hall–Kier alpha value is -2.05. The standard InChI is InChI=1S/C11H15N3O4/c1-3-17-10(16)8-6-18-11(13-8)12-7-4-5-14(2)9(7)15/h6-7H,3-5H2,1-2H3,(H,12,13). The number of oxazole rings is 1. The van der Waals surface area contributed by atoms with E-state index in [2.05, 4.69) is 10.3 Å². The van der Waals surface area contributed by atoms with Gasteiger partial charge in [0.15, 0.2) is 5.69 Å². The van der Waals surface area contributed by atoms with Crippen molar-refractivity contribution in [3.8, 4) is 0 Å². The molecule has 18 heavy (non-hydrogen) atoms. The molecule has 1 aliphatic rings. The Bertz CT molecular complexity index is 457. The van der Waals surface area contributed by atoms with Crippen molar-refractivity contribution in [3.63, 3.8) is 0 Å². The Morgan fingerprint density at radius 2 is 2.50 bits per heavy atom. The first-order valence-corrected chi connectivity index (χ1v) is 5.76. The molecule has 0 aliphatic carbocycles. The Morgan fingerprint density at radius 1 is 1.72 bits per heavy atom. The molecule has 0 saturated carbocycles. The molecule has 98 valence electrons. The minimum absolute atomic E-state index is 0.00844. The van der Waals surface area contributed by atoms with Crippen molar-refractivity contribution in [2.45, 2.75) is 19.4 Å². The molecule has 0 bridgehead atoms. The van der Waals surface area contributed by atoms with Crippen LogP contribution in [-0.2, 0) is 9.53 Å². The smallest absolute Gasteiger partial charge is 0.360 e. The van der Waals surface area contributed by atoms with E-state index in [0.717, 1.165) is 0 Å². The molecule has 1 saturated heterocycles. The number of ether oxygens (including phenoxy) is 1. The van der Waals surface area contributed by atoms with Gasteiger partial charge in [-0.15, -0.1) is 0 Å². The number of likely N-dealkylation sites (tertiary alicyclic amines) is 1. The van der Waals surface area contributed by atoms with Crippen LogP contribution in [0.25, 0.3) is 0 Å². The van der Waals surface area contributed by atoms with Crippen LogP contribution in [0.4, 0.5) is 6.01 Å². The fraction of sp³-hybridized carbons (Fsp3) is 0.545. The van der Waals surface area contributed by atoms with Gasteiger partial charge in [-0.05, 0) is 13.3 Å². The molecule has 0 radical (unpaired) electrons. The number of hydrogen-bond donors (Lipinski definition) is 1. The Kier molecular flexibility index (Phi) is 3.50. The van der Waals surface area contributed by atoms with Crippen LogP contribution in [-0.4, -0.2) is 48.0 Å². The maximum Gasteiger partial charge on any atom is 0.360 e. The van der Waals surface area contributed by atoms with Crippen molar-refractivity contribution in [2.24, 2.45) is 0 Å². The van der Waals surface area contributed by atoms with Gasteiger partial charge in [0.25, 0.3) is 6.01 Å². The Labute approximate surface area is 104 Å². The van der Waals surface area contributed by atoms with Gasteiger partial charge in [0.05, 0.1) is 6.61 Å². The average molecular weight is 253 g/mol. The second-order valence-electron chi connectivity index (χ2n) is 4.00. The van der Waals surface area contributed by atoms with E-state index in [4.69, 9.17) is 9.15 Å². The molecule has 1 N–H and O–H groups in total. The van der Waals surface area contributed by atoms with Gasteiger partial charge in [0, 0.05) is 13.6 Å². The number of amides is 1. The third kappa shape index (κ3) is 2.44. The molecule has 1 unspecified atom stereocenters. The van der Waals surface area contributed by atoms with Crippen molar-refractivity contribution >= 4 is 17.9 Å². The topological polar surface area (TPSA) is 84.7 Å². The maximum atomic E-state index is 11.7. The van der Waals surface area contributed by atoms with E-state index in [9.17, 15) is 9.59 Å². The van der Waals surface area contributed by atoms with Gasteiger partial charge in [-0.1, -0.05) is 0 Å². The second-order valence-corrected chi connectivity index (χ2v) is 4.00. The molecule has 1 fully saturated rings. The van der Waals surface area contributed by atoms with Crippen molar-refractivity contribution in [1.82, 2.24) is 9.88 Å². The number of hydrogen-bond acceptors (Lipinski definition) is 6. The monoisotopic (exact) mass is 253 g/mol. The predicted molar refractivity (Wildman–Crippen MR) is 62.1 cm³/mol. The highest BCUT2D eigenvalue weighted by atomic mass is 16.5. The predicted octanol–water partition coefficient (Wildman–Crippen LogP) is 0.494. The molecular weight excluding hydrogens is 238 g/mol. The summed E-state index contributed by atoms with van der Waals surface area (Å²) in [5.74, 6) is -0.546. The molecule has 7 heteroatoms. The van der Waals surface area contributed by atoms with Gasteiger partial charge >= 0.3 is 5.97 Å². The van der Waals surface area contributed by atoms with E-state index in [1.165, 1.54) is 6.26 Å². The molecule has 2 rings (SSSR count). The number of esters is 1. The molecule has 1 aromatic heterocycles. The molecule has 2 heterocycles. The zero-order chi connectivity index (χ0) is 13.1. The van der Waals surface area contributed by atoms with E-state index in [1.54, 1.807) is 18.9 Å². The SMILES string of the molecule is CCOC(=O)c1coc(NC2CCN(C)C2=O)n1. The number of carbonyl (C=O) groups excluding carboxylic acids is 2. The lowest BCUT2D eigenvalue weighted by molar-refractivity contribution is -0.127. The van der Waals surface area contributed by atoms with Crippen LogP contribution < -0.4 is 5.32 Å². The lowest BCUT2D eigenvalue weighted by atomic mass is 10.2. The summed E-state index contributed by atoms with van der Waals surface area (Å²) in [5.41, 5.74) is 0.0955. The van der Waals surface area contributed by atoms with E-state index in [-0.39, 0.29) is 30.3 Å². The Balaban J connectivity index is 1.99. The number of aromatic nitrogens is 1. The van der Waals surface area contributed by atoms with Crippen molar-refractivity contribution in [3.05, 3.63) is 12.0 Å². The lowest BCUT2D eigenvalue weighted by Gasteiger charge is -2.09. The van der Waals surface area contributed by atoms with Crippen LogP contribution in [0.1, 0.15) is 23.8 Å². The fourth-order valence-electron chi connectivity index (χ4n) is 1.74. The maximum absolute atomic E-state index is 11.7. The normalized spacial score (nSPS) is 19.1. The van der Waals surface area contributed by atoms with Crippen molar-refractivity contribution < 1.29 is 18.7 Å². The zero-order valence-electron chi connectivity index (χ0n) is 10.3. The highest BCUT2D eigenvalue weighted by Crippen LogP contribution is 2.16. The molecule has 0 aromatic carbocycles. The van der Waals surface area contributed by atoms with Crippen molar-refractivity contribution in [1.29, 1.82) is 0 Å². The summed E-state index contributed by atoms with van der Waals surface area (Å²) in [7, 11) is 1.74. The molecular formula is C11H15N3O4. The van der Waals surface area contributed by atoms with Crippen molar-refractivity contribution in [2.75, 3.05) is 25.5 Å². The van der Waals surface area contributed by atoms with Crippen LogP contribution in [0.15, 0.2) is 10.7 Å². The van der Waals surface area contributed by atoms with E-state index >= 15 is 0 Å². The summed E-state index contributed by atoms with van der Waals surface area (Å²) in [5, 5.41) is 2.86. The van der Waals surface area contributed by atoms with Gasteiger partial charge in [-0.2, -0.15) is 4.98 Å². The molecule has 0 spiro atoms. The number of anilines is 1. The quantitative estimate of drug-likeness (QED) is 0.786. The number of nitrogens with one attached hydrogen (secondary N) is 1. The molecule has 1 aromatic rings. The van der Waals surface area contributed by atoms with Gasteiger partial charge in [-0.3, -0.25) is 4.79 Å². The van der Waals surface area contributed by atoms with Crippen LogP contribution in [0.5, 0.6) is 0 Å². The summed E-state index contributed by atoms with van der Waals surface area (Å²) in [6.07, 6.45) is 1.90. The highest BCUT2D eigenvalue weighted by molar-refractivity contribution is 5.88. The third-order valence-corrected chi connectivity index (χ3v) is 2.71. The summed E-state index contributed by atoms with van der Waals surface area (Å²) in [6, 6.07) is -0.185. The highest BCUT2D eigenvalue weighted by Gasteiger charge is 2.30. The van der Waals surface area contributed by atoms with Crippen LogP contribution in [0.2, 0.25) is 0 Å². The van der Waals surface area contributed by atoms with E-state index in [1.807, 2.05) is 0 Å². The molecule has 1 amide bonds. The third-order valence-electron chi connectivity index (χ3n) is 2.71. The minimum atomic E-state index is -0.538. The average Bonchev–Trinajstić information content (AvgIpc) is 2.92. The first-order valence-electron chi connectivity index (χ1n) is 5.76. The first-order chi connectivity index (χ1) is 8.61. The first kappa shape index (κ1) is 12.4. The summed E-state index contributed by atoms with van der Waals surface area (Å²) < 4.78 is 9.87. The molecule has 7 nitrogen and oxygen atoms in total. The van der Waals surface area contributed by atoms with Gasteiger partial charge in [-0.25, -0.2) is 4.79 Å². The summed E-state index contributed by atoms with van der Waals surface area (Å²) in [6.45, 7) is 2.69. The lowest BCUT2D eigenvalue weighted by Crippen LogP contribution is -2.31. The Morgan fingerprint density at radius 3 is 3.11 bits per heavy atom. The largest absolute Gasteiger partial charge is 0.461 e. The van der Waals surface area contributed by atoms with E-state index < -0.39 is 5.97 Å². The second kappa shape index (κ2) is 5.07. The zero-order valence-corrected chi connectivity index (χ0v) is 10.3. The van der Waals surface area contributed by atoms with Crippen LogP contribution >= 0.6 is 0 Å². The summed E-state index contributed by atoms with van der Waals surface area (Å²) in [4.78, 5) is 28.6. The number of likely N-dealkylation sites (N-methyl/N-ethyl adjacent to an activating group) is 1.